The number of rotatable bonds is 4. The number of alkyl halides is 3. The molecule has 2 aromatic rings. The quantitative estimate of drug-likeness (QED) is 0.773. The summed E-state index contributed by atoms with van der Waals surface area (Å²) in [4.78, 5) is 36.7. The van der Waals surface area contributed by atoms with Gasteiger partial charge < -0.3 is 11.1 Å². The van der Waals surface area contributed by atoms with Crippen LogP contribution in [0.1, 0.15) is 63.6 Å². The van der Waals surface area contributed by atoms with Crippen molar-refractivity contribution in [1.29, 1.82) is 0 Å². The molecule has 0 unspecified atom stereocenters. The Morgan fingerprint density at radius 1 is 1.10 bits per heavy atom. The number of carbonyl (C=O) groups is 3. The van der Waals surface area contributed by atoms with Crippen LogP contribution in [0.25, 0.3) is 0 Å². The number of aromatic nitrogens is 4. The Bertz CT molecular complexity index is 1050. The van der Waals surface area contributed by atoms with Crippen molar-refractivity contribution in [2.75, 3.05) is 5.32 Å². The van der Waals surface area contributed by atoms with E-state index in [2.05, 4.69) is 15.5 Å². The fraction of sp³-hybridized carbons (Fsp3) is 0.500. The molecule has 30 heavy (non-hydrogen) atoms. The van der Waals surface area contributed by atoms with Gasteiger partial charge in [0.1, 0.15) is 17.9 Å². The van der Waals surface area contributed by atoms with E-state index in [0.717, 1.165) is 4.68 Å². The third-order valence-electron chi connectivity index (χ3n) is 5.31. The first-order valence-corrected chi connectivity index (χ1v) is 9.56. The van der Waals surface area contributed by atoms with E-state index in [1.807, 2.05) is 0 Å². The first-order valence-electron chi connectivity index (χ1n) is 9.56. The monoisotopic (exact) mass is 424 g/mol. The minimum absolute atomic E-state index is 0.0712. The summed E-state index contributed by atoms with van der Waals surface area (Å²) < 4.78 is 42.4. The van der Waals surface area contributed by atoms with Crippen LogP contribution < -0.4 is 11.1 Å². The van der Waals surface area contributed by atoms with Gasteiger partial charge in [-0.3, -0.25) is 23.7 Å². The number of nitrogens with zero attached hydrogens (tertiary/aromatic N) is 4. The Morgan fingerprint density at radius 3 is 2.53 bits per heavy atom. The molecule has 2 amide bonds. The van der Waals surface area contributed by atoms with Gasteiger partial charge >= 0.3 is 6.18 Å². The van der Waals surface area contributed by atoms with Crippen molar-refractivity contribution < 1.29 is 27.6 Å². The third-order valence-corrected chi connectivity index (χ3v) is 5.31. The number of carbonyl (C=O) groups excluding carboxylic acids is 3. The van der Waals surface area contributed by atoms with Crippen LogP contribution in [0.3, 0.4) is 0 Å². The second-order valence-electron chi connectivity index (χ2n) is 7.37. The number of nitrogens with two attached hydrogens (primary N) is 1. The molecule has 0 saturated carbocycles. The van der Waals surface area contributed by atoms with Gasteiger partial charge in [0.05, 0.1) is 0 Å². The van der Waals surface area contributed by atoms with Gasteiger partial charge in [0.15, 0.2) is 17.2 Å². The summed E-state index contributed by atoms with van der Waals surface area (Å²) in [7, 11) is 0. The zero-order valence-corrected chi connectivity index (χ0v) is 15.9. The number of halogens is 3. The van der Waals surface area contributed by atoms with E-state index in [0.29, 0.717) is 37.9 Å². The van der Waals surface area contributed by atoms with Crippen LogP contribution in [0.4, 0.5) is 18.9 Å². The molecule has 0 saturated heterocycles. The van der Waals surface area contributed by atoms with Gasteiger partial charge in [0.2, 0.25) is 5.91 Å². The minimum atomic E-state index is -4.61. The summed E-state index contributed by atoms with van der Waals surface area (Å²) in [5, 5.41) is 10.1. The van der Waals surface area contributed by atoms with Crippen molar-refractivity contribution in [1.82, 2.24) is 19.6 Å². The summed E-state index contributed by atoms with van der Waals surface area (Å²) in [6, 6.07) is 0. The molecule has 0 atom stereocenters. The number of ketones is 1. The van der Waals surface area contributed by atoms with Crippen LogP contribution in [0.5, 0.6) is 0 Å². The average Bonchev–Trinajstić information content (AvgIpc) is 3.22. The lowest BCUT2D eigenvalue weighted by Gasteiger charge is -2.15. The average molecular weight is 424 g/mol. The number of hydrogen-bond donors (Lipinski definition) is 2. The highest BCUT2D eigenvalue weighted by molar-refractivity contribution is 6.10. The normalized spacial score (nSPS) is 16.2. The molecule has 0 spiro atoms. The van der Waals surface area contributed by atoms with Crippen LogP contribution >= 0.6 is 0 Å². The van der Waals surface area contributed by atoms with Gasteiger partial charge in [-0.15, -0.1) is 0 Å². The molecular weight excluding hydrogens is 405 g/mol. The zero-order chi connectivity index (χ0) is 21.6. The van der Waals surface area contributed by atoms with Gasteiger partial charge in [-0.25, -0.2) is 0 Å². The summed E-state index contributed by atoms with van der Waals surface area (Å²) in [6.07, 6.45) is -1.87. The molecule has 3 N–H and O–H groups in total. The molecule has 1 aliphatic carbocycles. The topological polar surface area (TPSA) is 125 Å². The molecule has 12 heteroatoms. The van der Waals surface area contributed by atoms with E-state index >= 15 is 0 Å². The summed E-state index contributed by atoms with van der Waals surface area (Å²) in [5.41, 5.74) is 4.57. The lowest BCUT2D eigenvalue weighted by Crippen LogP contribution is -2.25. The zero-order valence-electron chi connectivity index (χ0n) is 15.9. The van der Waals surface area contributed by atoms with Crippen molar-refractivity contribution in [3.8, 4) is 0 Å². The largest absolute Gasteiger partial charge is 0.435 e. The molecule has 0 bridgehead atoms. The Morgan fingerprint density at radius 2 is 1.83 bits per heavy atom. The first-order chi connectivity index (χ1) is 14.2. The van der Waals surface area contributed by atoms with Gasteiger partial charge in [0, 0.05) is 24.2 Å². The molecule has 2 aliphatic rings. The number of Topliss-reactive ketones (excluding diaryl/α,β-unsaturated/α-hetero) is 1. The van der Waals surface area contributed by atoms with Gasteiger partial charge in [-0.1, -0.05) is 0 Å². The van der Waals surface area contributed by atoms with Gasteiger partial charge in [0.25, 0.3) is 5.91 Å². The van der Waals surface area contributed by atoms with Gasteiger partial charge in [-0.2, -0.15) is 23.4 Å². The third kappa shape index (κ3) is 3.46. The number of aryl methyl sites for hydroxylation is 1. The number of nitrogens with one attached hydrogen (secondary N) is 1. The highest BCUT2D eigenvalue weighted by Gasteiger charge is 2.40. The highest BCUT2D eigenvalue weighted by atomic mass is 19.4. The molecule has 0 fully saturated rings. The van der Waals surface area contributed by atoms with Crippen molar-refractivity contribution in [3.63, 3.8) is 0 Å². The summed E-state index contributed by atoms with van der Waals surface area (Å²) >= 11 is 0. The second-order valence-corrected chi connectivity index (χ2v) is 7.37. The molecule has 0 radical (unpaired) electrons. The fourth-order valence-electron chi connectivity index (χ4n) is 4.05. The lowest BCUT2D eigenvalue weighted by molar-refractivity contribution is -0.142. The van der Waals surface area contributed by atoms with E-state index in [-0.39, 0.29) is 41.3 Å². The standard InChI is InChI=1S/C18H19F3N6O3/c19-18(20,21)16-9-4-1-2-5-10(9)27(25-16)8-12(29)23-13-14(17(22)30)24-26-7-3-6-11(28)15(13)26/h1-8H2,(H2,22,30)(H,23,29). The highest BCUT2D eigenvalue weighted by Crippen LogP contribution is 2.36. The Hall–Kier alpha value is -3.18. The Balaban J connectivity index is 1.64. The maximum absolute atomic E-state index is 13.3. The molecule has 4 rings (SSSR count). The molecule has 160 valence electrons. The van der Waals surface area contributed by atoms with Gasteiger partial charge in [-0.05, 0) is 32.1 Å². The van der Waals surface area contributed by atoms with E-state index < -0.39 is 30.2 Å². The SMILES string of the molecule is NC(=O)c1nn2c(c1NC(=O)Cn1nc(C(F)(F)F)c3c1CCCC3)C(=O)CCC2. The number of hydrogen-bond acceptors (Lipinski definition) is 5. The maximum Gasteiger partial charge on any atom is 0.435 e. The van der Waals surface area contributed by atoms with Crippen LogP contribution in [-0.2, 0) is 36.9 Å². The maximum atomic E-state index is 13.3. The van der Waals surface area contributed by atoms with Crippen LogP contribution in [-0.4, -0.2) is 37.2 Å². The molecule has 3 heterocycles. The predicted octanol–water partition coefficient (Wildman–Crippen LogP) is 1.69. The fourth-order valence-corrected chi connectivity index (χ4v) is 4.05. The number of amides is 2. The molecule has 1 aliphatic heterocycles. The van der Waals surface area contributed by atoms with E-state index in [9.17, 15) is 27.6 Å². The number of fused-ring (bicyclic) bond motifs is 2. The van der Waals surface area contributed by atoms with Crippen LogP contribution in [0.2, 0.25) is 0 Å². The number of anilines is 1. The molecular formula is C18H19F3N6O3. The summed E-state index contributed by atoms with van der Waals surface area (Å²) in [6.45, 7) is -0.103. The second kappa shape index (κ2) is 7.26. The Kier molecular flexibility index (Phi) is 4.86. The lowest BCUT2D eigenvalue weighted by atomic mass is 9.95. The smallest absolute Gasteiger partial charge is 0.364 e. The predicted molar refractivity (Wildman–Crippen MR) is 96.8 cm³/mol. The van der Waals surface area contributed by atoms with Crippen LogP contribution in [0, 0.1) is 0 Å². The van der Waals surface area contributed by atoms with Crippen LogP contribution in [0.15, 0.2) is 0 Å². The molecule has 9 nitrogen and oxygen atoms in total. The van der Waals surface area contributed by atoms with E-state index in [1.165, 1.54) is 4.68 Å². The molecule has 2 aromatic heterocycles. The minimum Gasteiger partial charge on any atom is -0.364 e. The molecule has 0 aromatic carbocycles. The summed E-state index contributed by atoms with van der Waals surface area (Å²) in [5.74, 6) is -1.94. The van der Waals surface area contributed by atoms with Crippen molar-refractivity contribution in [2.24, 2.45) is 5.73 Å². The Labute approximate surface area is 168 Å². The van der Waals surface area contributed by atoms with Crippen molar-refractivity contribution in [2.45, 2.75) is 57.8 Å². The van der Waals surface area contributed by atoms with E-state index in [1.54, 1.807) is 0 Å². The first kappa shape index (κ1) is 20.1. The van der Waals surface area contributed by atoms with E-state index in [4.69, 9.17) is 5.73 Å². The number of primary amides is 1. The van der Waals surface area contributed by atoms with Crippen molar-refractivity contribution >= 4 is 23.3 Å². The van der Waals surface area contributed by atoms with Crippen molar-refractivity contribution in [3.05, 3.63) is 28.3 Å².